The van der Waals surface area contributed by atoms with Gasteiger partial charge in [-0.1, -0.05) is 59.8 Å². The van der Waals surface area contributed by atoms with Crippen LogP contribution in [0.1, 0.15) is 143 Å². The van der Waals surface area contributed by atoms with Crippen molar-refractivity contribution in [3.8, 4) is 0 Å². The number of unbranched alkanes of at least 4 members (excludes halogenated alkanes) is 5. The van der Waals surface area contributed by atoms with Gasteiger partial charge in [0.2, 0.25) is 5.91 Å². The summed E-state index contributed by atoms with van der Waals surface area (Å²) in [6.07, 6.45) is 20.8. The molecule has 8 heteroatoms. The molecule has 4 aliphatic rings. The van der Waals surface area contributed by atoms with Crippen LogP contribution in [-0.4, -0.2) is 70.2 Å². The highest BCUT2D eigenvalue weighted by atomic mass is 16.5. The molecule has 5 unspecified atom stereocenters. The van der Waals surface area contributed by atoms with Gasteiger partial charge in [0.1, 0.15) is 0 Å². The molecule has 1 amide bonds. The minimum Gasteiger partial charge on any atom is -0.378 e. The van der Waals surface area contributed by atoms with Crippen LogP contribution in [0.15, 0.2) is 0 Å². The summed E-state index contributed by atoms with van der Waals surface area (Å²) in [5.74, 6) is 3.48. The Morgan fingerprint density at radius 3 is 2.18 bits per heavy atom. The fourth-order valence-electron chi connectivity index (χ4n) is 11.4. The van der Waals surface area contributed by atoms with Gasteiger partial charge >= 0.3 is 0 Å². The van der Waals surface area contributed by atoms with E-state index in [0.717, 1.165) is 84.2 Å². The lowest BCUT2D eigenvalue weighted by Gasteiger charge is -2.65. The van der Waals surface area contributed by atoms with Crippen LogP contribution in [-0.2, 0) is 19.0 Å². The molecule has 4 saturated carbocycles. The van der Waals surface area contributed by atoms with E-state index in [1.165, 1.54) is 51.4 Å². The third-order valence-corrected chi connectivity index (χ3v) is 14.2. The molecule has 49 heavy (non-hydrogen) atoms. The first-order valence-electron chi connectivity index (χ1n) is 21.0. The Morgan fingerprint density at radius 2 is 1.47 bits per heavy atom. The Kier molecular flexibility index (Phi) is 17.1. The molecular formula is C41H78N4O4. The predicted molar refractivity (Wildman–Crippen MR) is 201 cm³/mol. The maximum Gasteiger partial charge on any atom is 0.220 e. The van der Waals surface area contributed by atoms with Gasteiger partial charge in [-0.05, 0) is 138 Å². The number of nitrogens with two attached hydrogens (primary N) is 3. The fraction of sp³-hybridized carbons (Fsp3) is 0.976. The van der Waals surface area contributed by atoms with Crippen LogP contribution in [0.5, 0.6) is 0 Å². The van der Waals surface area contributed by atoms with Crippen molar-refractivity contribution in [3.63, 3.8) is 0 Å². The maximum atomic E-state index is 12.9. The second kappa shape index (κ2) is 20.5. The van der Waals surface area contributed by atoms with Crippen LogP contribution in [0.3, 0.4) is 0 Å². The van der Waals surface area contributed by atoms with E-state index in [1.54, 1.807) is 0 Å². The van der Waals surface area contributed by atoms with Crippen LogP contribution in [0.2, 0.25) is 0 Å². The molecule has 286 valence electrons. The van der Waals surface area contributed by atoms with Gasteiger partial charge in [-0.15, -0.1) is 0 Å². The molecule has 0 aromatic heterocycles. The second-order valence-corrected chi connectivity index (χ2v) is 17.1. The maximum absolute atomic E-state index is 12.9. The van der Waals surface area contributed by atoms with Crippen LogP contribution < -0.4 is 22.5 Å². The molecule has 0 aromatic rings. The molecular weight excluding hydrogens is 612 g/mol. The minimum absolute atomic E-state index is 0.0609. The lowest BCUT2D eigenvalue weighted by atomic mass is 9.43. The Bertz CT molecular complexity index is 954. The van der Waals surface area contributed by atoms with Crippen molar-refractivity contribution in [1.82, 2.24) is 5.32 Å². The quantitative estimate of drug-likeness (QED) is 0.0852. The van der Waals surface area contributed by atoms with Gasteiger partial charge in [0.05, 0.1) is 18.3 Å². The lowest BCUT2D eigenvalue weighted by molar-refractivity contribution is -0.227. The largest absolute Gasteiger partial charge is 0.378 e. The van der Waals surface area contributed by atoms with Crippen molar-refractivity contribution >= 4 is 5.91 Å². The number of rotatable bonds is 23. The summed E-state index contributed by atoms with van der Waals surface area (Å²) in [5.41, 5.74) is 18.1. The molecule has 0 heterocycles. The molecule has 4 fully saturated rings. The first-order valence-corrected chi connectivity index (χ1v) is 21.0. The second-order valence-electron chi connectivity index (χ2n) is 17.1. The van der Waals surface area contributed by atoms with Crippen LogP contribution in [0.4, 0.5) is 0 Å². The van der Waals surface area contributed by atoms with E-state index in [0.29, 0.717) is 67.7 Å². The fourth-order valence-corrected chi connectivity index (χ4v) is 11.4. The SMILES string of the molecule is CCCCCCCCNC(=O)CCC(C)C1CC[C@H]2C3[C@H](OCCCN)CC4CC(OCCCN)CC[C@]4(C)[C@H]3C[C@H](OCCCN)[C@]12C. The number of hydrogen-bond acceptors (Lipinski definition) is 7. The topological polar surface area (TPSA) is 135 Å². The van der Waals surface area contributed by atoms with Gasteiger partial charge in [-0.2, -0.15) is 0 Å². The van der Waals surface area contributed by atoms with E-state index in [1.807, 2.05) is 0 Å². The molecule has 8 nitrogen and oxygen atoms in total. The molecule has 4 rings (SSSR count). The Balaban J connectivity index is 1.49. The summed E-state index contributed by atoms with van der Waals surface area (Å²) in [7, 11) is 0. The molecule has 0 spiro atoms. The van der Waals surface area contributed by atoms with E-state index in [2.05, 4.69) is 33.0 Å². The Labute approximate surface area is 300 Å². The molecule has 0 saturated heterocycles. The zero-order chi connectivity index (χ0) is 35.3. The number of fused-ring (bicyclic) bond motifs is 5. The number of carbonyl (C=O) groups excluding carboxylic acids is 1. The number of carbonyl (C=O) groups is 1. The summed E-state index contributed by atoms with van der Waals surface area (Å²) in [6, 6.07) is 0. The standard InChI is InChI=1S/C41H78N4O4/c1-5-6-7-8-9-10-23-45-38(46)17-14-30(2)33-15-16-34-39-35(29-37(41(33,34)4)49-26-13-22-44)40(3)19-18-32(47-24-11-20-42)27-31(40)28-36(39)48-25-12-21-43/h30-37,39H,5-29,42-44H2,1-4H3,(H,45,46)/t30?,31?,32?,33?,34-,35-,36+,37-,39?,40-,41+/m0/s1. The van der Waals surface area contributed by atoms with Crippen LogP contribution in [0.25, 0.3) is 0 Å². The van der Waals surface area contributed by atoms with Gasteiger partial charge in [0, 0.05) is 38.2 Å². The van der Waals surface area contributed by atoms with Crippen molar-refractivity contribution in [2.45, 2.75) is 162 Å². The normalized spacial score (nSPS) is 36.1. The first-order chi connectivity index (χ1) is 23.7. The van der Waals surface area contributed by atoms with Gasteiger partial charge in [-0.3, -0.25) is 4.79 Å². The Morgan fingerprint density at radius 1 is 0.796 bits per heavy atom. The minimum atomic E-state index is 0.0609. The number of nitrogens with one attached hydrogen (secondary N) is 1. The van der Waals surface area contributed by atoms with E-state index in [9.17, 15) is 4.79 Å². The Hall–Kier alpha value is -0.770. The van der Waals surface area contributed by atoms with E-state index >= 15 is 0 Å². The summed E-state index contributed by atoms with van der Waals surface area (Å²) >= 11 is 0. The van der Waals surface area contributed by atoms with Crippen molar-refractivity contribution in [1.29, 1.82) is 0 Å². The number of amides is 1. The van der Waals surface area contributed by atoms with Crippen molar-refractivity contribution in [2.24, 2.45) is 63.5 Å². The summed E-state index contributed by atoms with van der Waals surface area (Å²) < 4.78 is 20.3. The monoisotopic (exact) mass is 691 g/mol. The van der Waals surface area contributed by atoms with Crippen LogP contribution in [0, 0.1) is 46.3 Å². The van der Waals surface area contributed by atoms with Gasteiger partial charge in [0.25, 0.3) is 0 Å². The van der Waals surface area contributed by atoms with Gasteiger partial charge in [-0.25, -0.2) is 0 Å². The summed E-state index contributed by atoms with van der Waals surface area (Å²) in [5, 5.41) is 3.23. The van der Waals surface area contributed by atoms with E-state index in [-0.39, 0.29) is 28.9 Å². The predicted octanol–water partition coefficient (Wildman–Crippen LogP) is 6.96. The molecule has 0 radical (unpaired) electrons. The van der Waals surface area contributed by atoms with Crippen LogP contribution >= 0.6 is 0 Å². The van der Waals surface area contributed by atoms with Gasteiger partial charge in [0.15, 0.2) is 0 Å². The zero-order valence-corrected chi connectivity index (χ0v) is 32.2. The van der Waals surface area contributed by atoms with Crippen molar-refractivity contribution in [2.75, 3.05) is 46.0 Å². The van der Waals surface area contributed by atoms with Crippen molar-refractivity contribution in [3.05, 3.63) is 0 Å². The van der Waals surface area contributed by atoms with Crippen molar-refractivity contribution < 1.29 is 19.0 Å². The number of ether oxygens (including phenoxy) is 3. The smallest absolute Gasteiger partial charge is 0.220 e. The summed E-state index contributed by atoms with van der Waals surface area (Å²) in [4.78, 5) is 12.9. The highest BCUT2D eigenvalue weighted by Gasteiger charge is 2.66. The molecule has 0 bridgehead atoms. The molecule has 11 atom stereocenters. The molecule has 4 aliphatic carbocycles. The molecule has 7 N–H and O–H groups in total. The number of hydrogen-bond donors (Lipinski definition) is 4. The van der Waals surface area contributed by atoms with E-state index in [4.69, 9.17) is 31.4 Å². The molecule has 0 aromatic carbocycles. The average molecular weight is 691 g/mol. The lowest BCUT2D eigenvalue weighted by Crippen LogP contribution is -2.63. The first kappa shape index (κ1) is 41.0. The molecule has 0 aliphatic heterocycles. The highest BCUT2D eigenvalue weighted by molar-refractivity contribution is 5.75. The highest BCUT2D eigenvalue weighted by Crippen LogP contribution is 2.69. The third-order valence-electron chi connectivity index (χ3n) is 14.2. The zero-order valence-electron chi connectivity index (χ0n) is 32.2. The third kappa shape index (κ3) is 10.2. The average Bonchev–Trinajstić information content (AvgIpc) is 3.45. The van der Waals surface area contributed by atoms with Gasteiger partial charge < -0.3 is 36.7 Å². The van der Waals surface area contributed by atoms with E-state index < -0.39 is 0 Å². The summed E-state index contributed by atoms with van der Waals surface area (Å²) in [6.45, 7) is 14.9.